The van der Waals surface area contributed by atoms with E-state index in [1.807, 2.05) is 13.8 Å². The second kappa shape index (κ2) is 7.26. The van der Waals surface area contributed by atoms with Gasteiger partial charge in [0.15, 0.2) is 5.75 Å². The third-order valence-electron chi connectivity index (χ3n) is 3.48. The molecule has 116 valence electrons. The highest BCUT2D eigenvalue weighted by molar-refractivity contribution is 5.58. The molecule has 1 N–H and O–H groups in total. The predicted octanol–water partition coefficient (Wildman–Crippen LogP) is 2.89. The molecule has 1 aromatic rings. The Morgan fingerprint density at radius 2 is 2.10 bits per heavy atom. The first-order valence-corrected chi connectivity index (χ1v) is 7.47. The molecular formula is C15H23N3O3. The molecule has 1 heterocycles. The van der Waals surface area contributed by atoms with E-state index in [9.17, 15) is 10.1 Å². The van der Waals surface area contributed by atoms with Crippen LogP contribution in [-0.4, -0.2) is 42.1 Å². The minimum atomic E-state index is -0.411. The number of rotatable bonds is 7. The monoisotopic (exact) mass is 293 g/mol. The second-order valence-electron chi connectivity index (χ2n) is 5.58. The molecule has 0 unspecified atom stereocenters. The van der Waals surface area contributed by atoms with Crippen molar-refractivity contribution >= 4 is 11.4 Å². The molecule has 0 radical (unpaired) electrons. The van der Waals surface area contributed by atoms with Gasteiger partial charge >= 0.3 is 5.69 Å². The van der Waals surface area contributed by atoms with Crippen molar-refractivity contribution in [1.29, 1.82) is 0 Å². The molecule has 0 atom stereocenters. The highest BCUT2D eigenvalue weighted by atomic mass is 16.6. The summed E-state index contributed by atoms with van der Waals surface area (Å²) in [5, 5.41) is 14.3. The molecule has 0 spiro atoms. The van der Waals surface area contributed by atoms with Crippen LogP contribution in [0, 0.1) is 10.1 Å². The molecular weight excluding hydrogens is 270 g/mol. The zero-order valence-corrected chi connectivity index (χ0v) is 12.7. The maximum atomic E-state index is 11.0. The lowest BCUT2D eigenvalue weighted by Gasteiger charge is -2.16. The maximum Gasteiger partial charge on any atom is 0.311 e. The molecule has 21 heavy (non-hydrogen) atoms. The normalized spacial score (nSPS) is 15.4. The van der Waals surface area contributed by atoms with Crippen LogP contribution < -0.4 is 10.1 Å². The topological polar surface area (TPSA) is 67.6 Å². The number of nitro groups is 1. The van der Waals surface area contributed by atoms with E-state index in [1.54, 1.807) is 12.1 Å². The van der Waals surface area contributed by atoms with Crippen LogP contribution in [0.4, 0.5) is 11.4 Å². The van der Waals surface area contributed by atoms with Crippen LogP contribution in [0.2, 0.25) is 0 Å². The third-order valence-corrected chi connectivity index (χ3v) is 3.48. The van der Waals surface area contributed by atoms with E-state index in [0.29, 0.717) is 5.75 Å². The van der Waals surface area contributed by atoms with Gasteiger partial charge in [-0.15, -0.1) is 0 Å². The van der Waals surface area contributed by atoms with Gasteiger partial charge in [0.1, 0.15) is 0 Å². The van der Waals surface area contributed by atoms with Gasteiger partial charge in [-0.3, -0.25) is 10.1 Å². The molecule has 6 nitrogen and oxygen atoms in total. The standard InChI is InChI=1S/C15H23N3O3/c1-12(2)21-15-11-13(5-6-14(15)18(19)20)16-7-10-17-8-3-4-9-17/h5-6,11-12,16H,3-4,7-10H2,1-2H3. The van der Waals surface area contributed by atoms with E-state index < -0.39 is 4.92 Å². The summed E-state index contributed by atoms with van der Waals surface area (Å²) >= 11 is 0. The molecule has 1 saturated heterocycles. The Bertz CT molecular complexity index is 485. The Morgan fingerprint density at radius 1 is 1.38 bits per heavy atom. The SMILES string of the molecule is CC(C)Oc1cc(NCCN2CCCC2)ccc1[N+](=O)[O-]. The van der Waals surface area contributed by atoms with E-state index in [0.717, 1.165) is 18.8 Å². The smallest absolute Gasteiger partial charge is 0.311 e. The average Bonchev–Trinajstić information content (AvgIpc) is 2.91. The summed E-state index contributed by atoms with van der Waals surface area (Å²) in [4.78, 5) is 13.0. The van der Waals surface area contributed by atoms with E-state index in [2.05, 4.69) is 10.2 Å². The van der Waals surface area contributed by atoms with Gasteiger partial charge in [-0.2, -0.15) is 0 Å². The molecule has 1 aromatic carbocycles. The average molecular weight is 293 g/mol. The summed E-state index contributed by atoms with van der Waals surface area (Å²) in [5.74, 6) is 0.321. The Hall–Kier alpha value is -1.82. The minimum Gasteiger partial charge on any atom is -0.484 e. The third kappa shape index (κ3) is 4.60. The van der Waals surface area contributed by atoms with Gasteiger partial charge in [0.25, 0.3) is 0 Å². The molecule has 1 fully saturated rings. The molecule has 0 bridgehead atoms. The van der Waals surface area contributed by atoms with Crippen molar-refractivity contribution in [1.82, 2.24) is 4.90 Å². The summed E-state index contributed by atoms with van der Waals surface area (Å²) in [6, 6.07) is 4.94. The van der Waals surface area contributed by atoms with Crippen molar-refractivity contribution in [3.63, 3.8) is 0 Å². The summed E-state index contributed by atoms with van der Waals surface area (Å²) in [6.45, 7) is 7.89. The number of nitrogens with zero attached hydrogens (tertiary/aromatic N) is 2. The van der Waals surface area contributed by atoms with Gasteiger partial charge in [-0.1, -0.05) is 0 Å². The Balaban J connectivity index is 1.97. The van der Waals surface area contributed by atoms with E-state index in [-0.39, 0.29) is 11.8 Å². The second-order valence-corrected chi connectivity index (χ2v) is 5.58. The first-order valence-electron chi connectivity index (χ1n) is 7.47. The van der Waals surface area contributed by atoms with Crippen LogP contribution in [0.15, 0.2) is 18.2 Å². The van der Waals surface area contributed by atoms with Gasteiger partial charge in [0.2, 0.25) is 0 Å². The molecule has 0 amide bonds. The van der Waals surface area contributed by atoms with Crippen LogP contribution in [0.3, 0.4) is 0 Å². The van der Waals surface area contributed by atoms with Gasteiger partial charge in [-0.25, -0.2) is 0 Å². The first kappa shape index (κ1) is 15.6. The zero-order chi connectivity index (χ0) is 15.2. The van der Waals surface area contributed by atoms with Gasteiger partial charge in [0.05, 0.1) is 11.0 Å². The van der Waals surface area contributed by atoms with Crippen molar-refractivity contribution in [3.05, 3.63) is 28.3 Å². The van der Waals surface area contributed by atoms with Gasteiger partial charge < -0.3 is 15.0 Å². The quantitative estimate of drug-likeness (QED) is 0.618. The summed E-state index contributed by atoms with van der Waals surface area (Å²) in [7, 11) is 0. The highest BCUT2D eigenvalue weighted by Gasteiger charge is 2.17. The summed E-state index contributed by atoms with van der Waals surface area (Å²) < 4.78 is 5.53. The van der Waals surface area contributed by atoms with E-state index in [4.69, 9.17) is 4.74 Å². The van der Waals surface area contributed by atoms with Crippen LogP contribution in [0.1, 0.15) is 26.7 Å². The number of benzene rings is 1. The Morgan fingerprint density at radius 3 is 2.71 bits per heavy atom. The Labute approximate surface area is 125 Å². The molecule has 6 heteroatoms. The number of nitrogens with one attached hydrogen (secondary N) is 1. The minimum absolute atomic E-state index is 0.00814. The largest absolute Gasteiger partial charge is 0.484 e. The van der Waals surface area contributed by atoms with Crippen molar-refractivity contribution < 1.29 is 9.66 Å². The predicted molar refractivity (Wildman–Crippen MR) is 83.0 cm³/mol. The lowest BCUT2D eigenvalue weighted by Crippen LogP contribution is -2.25. The summed E-state index contributed by atoms with van der Waals surface area (Å²) in [5.41, 5.74) is 0.865. The van der Waals surface area contributed by atoms with E-state index >= 15 is 0 Å². The van der Waals surface area contributed by atoms with Crippen molar-refractivity contribution in [2.24, 2.45) is 0 Å². The molecule has 1 aliphatic heterocycles. The van der Waals surface area contributed by atoms with Gasteiger partial charge in [-0.05, 0) is 45.8 Å². The molecule has 0 aliphatic carbocycles. The number of hydrogen-bond acceptors (Lipinski definition) is 5. The van der Waals surface area contributed by atoms with Crippen LogP contribution in [0.25, 0.3) is 0 Å². The maximum absolute atomic E-state index is 11.0. The van der Waals surface area contributed by atoms with Crippen LogP contribution >= 0.6 is 0 Å². The number of ether oxygens (including phenoxy) is 1. The number of anilines is 1. The van der Waals surface area contributed by atoms with Crippen LogP contribution in [-0.2, 0) is 0 Å². The lowest BCUT2D eigenvalue weighted by molar-refractivity contribution is -0.386. The van der Waals surface area contributed by atoms with E-state index in [1.165, 1.54) is 32.0 Å². The van der Waals surface area contributed by atoms with Crippen molar-refractivity contribution in [2.75, 3.05) is 31.5 Å². The first-order chi connectivity index (χ1) is 10.1. The molecule has 1 aliphatic rings. The summed E-state index contributed by atoms with van der Waals surface area (Å²) in [6.07, 6.45) is 2.47. The zero-order valence-electron chi connectivity index (χ0n) is 12.7. The van der Waals surface area contributed by atoms with Crippen molar-refractivity contribution in [2.45, 2.75) is 32.8 Å². The number of hydrogen-bond donors (Lipinski definition) is 1. The molecule has 0 aromatic heterocycles. The number of likely N-dealkylation sites (tertiary alicyclic amines) is 1. The molecule has 0 saturated carbocycles. The van der Waals surface area contributed by atoms with Crippen molar-refractivity contribution in [3.8, 4) is 5.75 Å². The fraction of sp³-hybridized carbons (Fsp3) is 0.600. The highest BCUT2D eigenvalue weighted by Crippen LogP contribution is 2.30. The van der Waals surface area contributed by atoms with Crippen LogP contribution in [0.5, 0.6) is 5.75 Å². The fourth-order valence-corrected chi connectivity index (χ4v) is 2.49. The van der Waals surface area contributed by atoms with Gasteiger partial charge in [0, 0.05) is 30.9 Å². The molecule has 2 rings (SSSR count). The Kier molecular flexibility index (Phi) is 5.38. The lowest BCUT2D eigenvalue weighted by atomic mass is 10.2. The number of nitro benzene ring substituents is 1. The fourth-order valence-electron chi connectivity index (χ4n) is 2.49.